The van der Waals surface area contributed by atoms with Crippen LogP contribution < -0.4 is 10.6 Å². The molecule has 1 saturated heterocycles. The number of halogens is 6. The number of hydrogen-bond acceptors (Lipinski definition) is 3. The fourth-order valence-corrected chi connectivity index (χ4v) is 3.46. The molecule has 0 radical (unpaired) electrons. The Morgan fingerprint density at radius 1 is 1.03 bits per heavy atom. The molecule has 184 valence electrons. The summed E-state index contributed by atoms with van der Waals surface area (Å²) in [6, 6.07) is -1.02. The molecule has 0 bridgehead atoms. The molecule has 0 aromatic heterocycles. The molecule has 2 aliphatic carbocycles. The Bertz CT molecular complexity index is 1050. The van der Waals surface area contributed by atoms with Gasteiger partial charge in [-0.25, -0.2) is 13.6 Å². The number of alkyl halides is 3. The van der Waals surface area contributed by atoms with Crippen LogP contribution in [0.5, 0.6) is 0 Å². The van der Waals surface area contributed by atoms with Crippen molar-refractivity contribution >= 4 is 24.8 Å². The van der Waals surface area contributed by atoms with E-state index in [9.17, 15) is 26.7 Å². The zero-order valence-electron chi connectivity index (χ0n) is 18.9. The number of amides is 2. The number of allylic oxidation sites excluding steroid dienone is 10. The van der Waals surface area contributed by atoms with Gasteiger partial charge in [-0.1, -0.05) is 23.8 Å². The molecule has 2 amide bonds. The molecule has 5 nitrogen and oxygen atoms in total. The van der Waals surface area contributed by atoms with Crippen LogP contribution in [0.25, 0.3) is 0 Å². The van der Waals surface area contributed by atoms with Crippen LogP contribution in [-0.2, 0) is 9.31 Å². The Morgan fingerprint density at radius 3 is 2.24 bits per heavy atom. The number of rotatable bonds is 3. The molecule has 34 heavy (non-hydrogen) atoms. The Balaban J connectivity index is 1.79. The highest BCUT2D eigenvalue weighted by molar-refractivity contribution is 6.56. The summed E-state index contributed by atoms with van der Waals surface area (Å²) in [5, 5.41) is 4.34. The summed E-state index contributed by atoms with van der Waals surface area (Å²) in [6.45, 7) is 7.04. The smallest absolute Gasteiger partial charge is 0.399 e. The van der Waals surface area contributed by atoms with Gasteiger partial charge in [0.15, 0.2) is 0 Å². The molecule has 1 fully saturated rings. The predicted molar refractivity (Wildman–Crippen MR) is 119 cm³/mol. The lowest BCUT2D eigenvalue weighted by Gasteiger charge is -2.32. The summed E-state index contributed by atoms with van der Waals surface area (Å²) in [5.41, 5.74) is -3.22. The fourth-order valence-electron chi connectivity index (χ4n) is 3.26. The molecule has 2 N–H and O–H groups in total. The Kier molecular flexibility index (Phi) is 7.22. The van der Waals surface area contributed by atoms with Crippen LogP contribution >= 0.6 is 11.6 Å². The molecule has 0 atom stereocenters. The highest BCUT2D eigenvalue weighted by Crippen LogP contribution is 2.40. The van der Waals surface area contributed by atoms with Crippen molar-refractivity contribution in [1.82, 2.24) is 10.6 Å². The van der Waals surface area contributed by atoms with Crippen LogP contribution in [0.3, 0.4) is 0 Å². The van der Waals surface area contributed by atoms with Crippen molar-refractivity contribution in [2.75, 3.05) is 0 Å². The van der Waals surface area contributed by atoms with Crippen LogP contribution in [0.2, 0.25) is 0 Å². The van der Waals surface area contributed by atoms with E-state index in [2.05, 4.69) is 10.6 Å². The highest BCUT2D eigenvalue weighted by atomic mass is 35.5. The van der Waals surface area contributed by atoms with Gasteiger partial charge in [0, 0.05) is 17.6 Å². The third-order valence-electron chi connectivity index (χ3n) is 5.80. The van der Waals surface area contributed by atoms with Gasteiger partial charge in [-0.3, -0.25) is 0 Å². The Morgan fingerprint density at radius 2 is 1.65 bits per heavy atom. The van der Waals surface area contributed by atoms with Crippen LogP contribution in [0.4, 0.5) is 26.7 Å². The van der Waals surface area contributed by atoms with E-state index in [1.807, 2.05) is 0 Å². The maximum atomic E-state index is 15.0. The molecule has 0 unspecified atom stereocenters. The minimum absolute atomic E-state index is 0.0875. The van der Waals surface area contributed by atoms with Gasteiger partial charge in [0.2, 0.25) is 0 Å². The first-order chi connectivity index (χ1) is 15.6. The second kappa shape index (κ2) is 9.35. The minimum atomic E-state index is -4.64. The number of nitrogens with one attached hydrogen (secondary N) is 2. The summed E-state index contributed by atoms with van der Waals surface area (Å²) in [7, 11) is -1.17. The molecule has 1 heterocycles. The van der Waals surface area contributed by atoms with Crippen molar-refractivity contribution in [1.29, 1.82) is 0 Å². The van der Waals surface area contributed by atoms with Gasteiger partial charge in [0.25, 0.3) is 0 Å². The van der Waals surface area contributed by atoms with Gasteiger partial charge in [0.1, 0.15) is 11.7 Å². The maximum Gasteiger partial charge on any atom is 0.497 e. The van der Waals surface area contributed by atoms with Crippen molar-refractivity contribution < 1.29 is 36.1 Å². The molecule has 1 aliphatic heterocycles. The quantitative estimate of drug-likeness (QED) is 0.356. The van der Waals surface area contributed by atoms with E-state index in [1.165, 1.54) is 6.08 Å². The maximum absolute atomic E-state index is 15.0. The first-order valence-corrected chi connectivity index (χ1v) is 10.7. The summed E-state index contributed by atoms with van der Waals surface area (Å²) in [4.78, 5) is 12.4. The molecule has 3 aliphatic rings. The summed E-state index contributed by atoms with van der Waals surface area (Å²) < 4.78 is 80.3. The normalized spacial score (nSPS) is 22.6. The summed E-state index contributed by atoms with van der Waals surface area (Å²) in [5.74, 6) is -1.67. The Labute approximate surface area is 199 Å². The first kappa shape index (κ1) is 26.2. The lowest BCUT2D eigenvalue weighted by Crippen LogP contribution is -2.41. The van der Waals surface area contributed by atoms with Crippen molar-refractivity contribution in [3.05, 3.63) is 69.5 Å². The molecule has 12 heteroatoms. The number of carbonyl (C=O) groups excluding carboxylic acids is 1. The van der Waals surface area contributed by atoms with Crippen LogP contribution in [0.15, 0.2) is 69.5 Å². The third-order valence-corrected chi connectivity index (χ3v) is 6.15. The van der Waals surface area contributed by atoms with Gasteiger partial charge in [-0.2, -0.15) is 13.2 Å². The standard InChI is InChI=1S/C22H23BClF5N2O3/c1-20(2)21(3,4)34-23(33-20)15-10-13(25)9-14(11-17(15)26)30-19(32)31-18-8-12(22(27,28)29)6-5-7-16(18)24/h6-8,10-11H,5,9H2,1-4H3,(H2,30,31,32). The van der Waals surface area contributed by atoms with E-state index in [-0.39, 0.29) is 28.3 Å². The van der Waals surface area contributed by atoms with Gasteiger partial charge in [0.05, 0.1) is 27.5 Å². The average Bonchev–Trinajstić information content (AvgIpc) is 2.81. The third kappa shape index (κ3) is 5.82. The van der Waals surface area contributed by atoms with Gasteiger partial charge in [-0.05, 0) is 52.3 Å². The van der Waals surface area contributed by atoms with Gasteiger partial charge >= 0.3 is 19.3 Å². The fraction of sp³-hybridized carbons (Fsp3) is 0.409. The molecule has 0 spiro atoms. The minimum Gasteiger partial charge on any atom is -0.399 e. The lowest BCUT2D eigenvalue weighted by atomic mass is 9.77. The molecule has 0 aromatic carbocycles. The number of urea groups is 1. The number of carbonyl (C=O) groups is 1. The van der Waals surface area contributed by atoms with E-state index in [0.29, 0.717) is 6.08 Å². The molecular weight excluding hydrogens is 482 g/mol. The lowest BCUT2D eigenvalue weighted by molar-refractivity contribution is -0.0884. The van der Waals surface area contributed by atoms with Crippen molar-refractivity contribution in [2.45, 2.75) is 57.9 Å². The Hall–Kier alpha value is -2.37. The van der Waals surface area contributed by atoms with Crippen molar-refractivity contribution in [3.8, 4) is 0 Å². The summed E-state index contributed by atoms with van der Waals surface area (Å²) >= 11 is 5.97. The zero-order valence-corrected chi connectivity index (χ0v) is 19.6. The largest absolute Gasteiger partial charge is 0.497 e. The average molecular weight is 505 g/mol. The van der Waals surface area contributed by atoms with E-state index < -0.39 is 54.2 Å². The van der Waals surface area contributed by atoms with Crippen LogP contribution in [0.1, 0.15) is 40.5 Å². The first-order valence-electron chi connectivity index (χ1n) is 10.3. The molecule has 3 rings (SSSR count). The van der Waals surface area contributed by atoms with E-state index in [0.717, 1.165) is 18.2 Å². The molecule has 0 aromatic rings. The van der Waals surface area contributed by atoms with Crippen molar-refractivity contribution in [2.24, 2.45) is 0 Å². The second-order valence-electron chi connectivity index (χ2n) is 8.91. The SMILES string of the molecule is CC1(C)OB(C2=C(F)C=C(NC(=O)NC3=CC(C(F)(F)F)=CCC=C3Cl)CC(F)=C2)OC1(C)C. The summed E-state index contributed by atoms with van der Waals surface area (Å²) in [6.07, 6.45) is -0.467. The molecular formula is C22H23BClF5N2O3. The second-order valence-corrected chi connectivity index (χ2v) is 9.32. The number of hydrogen-bond donors (Lipinski definition) is 2. The van der Waals surface area contributed by atoms with Crippen LogP contribution in [-0.4, -0.2) is 30.5 Å². The zero-order chi connectivity index (χ0) is 25.5. The molecule has 0 saturated carbocycles. The monoisotopic (exact) mass is 504 g/mol. The van der Waals surface area contributed by atoms with E-state index in [4.69, 9.17) is 20.9 Å². The topological polar surface area (TPSA) is 59.6 Å². The van der Waals surface area contributed by atoms with Gasteiger partial charge in [-0.15, -0.1) is 0 Å². The highest BCUT2D eigenvalue weighted by Gasteiger charge is 2.53. The van der Waals surface area contributed by atoms with Crippen LogP contribution in [0, 0.1) is 0 Å². The van der Waals surface area contributed by atoms with Gasteiger partial charge < -0.3 is 19.9 Å². The predicted octanol–water partition coefficient (Wildman–Crippen LogP) is 6.18. The van der Waals surface area contributed by atoms with Crippen molar-refractivity contribution in [3.63, 3.8) is 0 Å². The van der Waals surface area contributed by atoms with E-state index in [1.54, 1.807) is 27.7 Å². The van der Waals surface area contributed by atoms with E-state index >= 15 is 0 Å².